The molecule has 2 N–H and O–H groups in total. The van der Waals surface area contributed by atoms with Gasteiger partial charge in [0.25, 0.3) is 0 Å². The molecule has 0 bridgehead atoms. The van der Waals surface area contributed by atoms with Gasteiger partial charge in [0, 0.05) is 6.07 Å². The number of anilines is 1. The van der Waals surface area contributed by atoms with Crippen LogP contribution in [0, 0.1) is 6.92 Å². The Balaban J connectivity index is 2.33. The number of rotatable bonds is 3. The number of hydrogen-bond acceptors (Lipinski definition) is 3. The molecule has 3 nitrogen and oxygen atoms in total. The standard InChI is InChI=1S/C14H14BrNO2/c1-9-3-6-13(11(15)7-9)18-14-8-10(17-2)4-5-12(14)16/h3-8H,16H2,1-2H3. The molecule has 0 amide bonds. The predicted octanol–water partition coefficient (Wildman–Crippen LogP) is 4.14. The van der Waals surface area contributed by atoms with Crippen molar-refractivity contribution < 1.29 is 9.47 Å². The summed E-state index contributed by atoms with van der Waals surface area (Å²) in [7, 11) is 1.61. The molecule has 0 aliphatic carbocycles. The summed E-state index contributed by atoms with van der Waals surface area (Å²) < 4.78 is 11.8. The highest BCUT2D eigenvalue weighted by molar-refractivity contribution is 9.10. The van der Waals surface area contributed by atoms with Gasteiger partial charge in [-0.25, -0.2) is 0 Å². The lowest BCUT2D eigenvalue weighted by Gasteiger charge is -2.11. The fourth-order valence-corrected chi connectivity index (χ4v) is 2.11. The minimum atomic E-state index is 0.572. The maximum absolute atomic E-state index is 5.88. The van der Waals surface area contributed by atoms with Crippen LogP contribution in [0.5, 0.6) is 17.2 Å². The van der Waals surface area contributed by atoms with E-state index >= 15 is 0 Å². The van der Waals surface area contributed by atoms with Gasteiger partial charge in [-0.15, -0.1) is 0 Å². The van der Waals surface area contributed by atoms with E-state index in [9.17, 15) is 0 Å². The van der Waals surface area contributed by atoms with Gasteiger partial charge in [0.1, 0.15) is 11.5 Å². The van der Waals surface area contributed by atoms with E-state index in [1.807, 2.05) is 25.1 Å². The zero-order valence-electron chi connectivity index (χ0n) is 10.2. The van der Waals surface area contributed by atoms with E-state index in [0.29, 0.717) is 17.2 Å². The number of ether oxygens (including phenoxy) is 2. The van der Waals surface area contributed by atoms with E-state index in [1.165, 1.54) is 0 Å². The molecule has 0 saturated carbocycles. The van der Waals surface area contributed by atoms with Crippen molar-refractivity contribution in [3.8, 4) is 17.2 Å². The highest BCUT2D eigenvalue weighted by Crippen LogP contribution is 2.35. The summed E-state index contributed by atoms with van der Waals surface area (Å²) in [5.74, 6) is 2.02. The van der Waals surface area contributed by atoms with Gasteiger partial charge in [-0.05, 0) is 52.7 Å². The molecule has 94 valence electrons. The van der Waals surface area contributed by atoms with Gasteiger partial charge >= 0.3 is 0 Å². The topological polar surface area (TPSA) is 44.5 Å². The molecule has 4 heteroatoms. The summed E-state index contributed by atoms with van der Waals surface area (Å²) in [5.41, 5.74) is 7.61. The van der Waals surface area contributed by atoms with Crippen LogP contribution in [0.3, 0.4) is 0 Å². The molecule has 0 saturated heterocycles. The molecule has 0 heterocycles. The molecule has 0 unspecified atom stereocenters. The van der Waals surface area contributed by atoms with Gasteiger partial charge in [-0.2, -0.15) is 0 Å². The number of methoxy groups -OCH3 is 1. The third kappa shape index (κ3) is 2.76. The summed E-state index contributed by atoms with van der Waals surface area (Å²) >= 11 is 3.47. The first-order valence-electron chi connectivity index (χ1n) is 5.47. The molecule has 0 spiro atoms. The minimum Gasteiger partial charge on any atom is -0.497 e. The van der Waals surface area contributed by atoms with Crippen LogP contribution >= 0.6 is 15.9 Å². The molecule has 18 heavy (non-hydrogen) atoms. The van der Waals surface area contributed by atoms with E-state index in [1.54, 1.807) is 25.3 Å². The molecule has 0 aromatic heterocycles. The molecular weight excluding hydrogens is 294 g/mol. The normalized spacial score (nSPS) is 10.2. The van der Waals surface area contributed by atoms with Gasteiger partial charge in [-0.3, -0.25) is 0 Å². The Morgan fingerprint density at radius 1 is 1.06 bits per heavy atom. The molecule has 0 atom stereocenters. The Hall–Kier alpha value is -1.68. The van der Waals surface area contributed by atoms with Crippen LogP contribution in [0.1, 0.15) is 5.56 Å². The number of benzene rings is 2. The quantitative estimate of drug-likeness (QED) is 0.867. The smallest absolute Gasteiger partial charge is 0.154 e. The van der Waals surface area contributed by atoms with Crippen LogP contribution in [0.25, 0.3) is 0 Å². The van der Waals surface area contributed by atoms with E-state index in [0.717, 1.165) is 15.8 Å². The molecule has 0 aliphatic heterocycles. The highest BCUT2D eigenvalue weighted by atomic mass is 79.9. The highest BCUT2D eigenvalue weighted by Gasteiger charge is 2.07. The second-order valence-corrected chi connectivity index (χ2v) is 4.79. The predicted molar refractivity (Wildman–Crippen MR) is 76.4 cm³/mol. The van der Waals surface area contributed by atoms with E-state index < -0.39 is 0 Å². The summed E-state index contributed by atoms with van der Waals surface area (Å²) in [4.78, 5) is 0. The molecule has 2 aromatic carbocycles. The minimum absolute atomic E-state index is 0.572. The maximum Gasteiger partial charge on any atom is 0.154 e. The lowest BCUT2D eigenvalue weighted by Crippen LogP contribution is -1.94. The van der Waals surface area contributed by atoms with Crippen LogP contribution in [0.2, 0.25) is 0 Å². The lowest BCUT2D eigenvalue weighted by atomic mass is 10.2. The average molecular weight is 308 g/mol. The second kappa shape index (κ2) is 5.31. The van der Waals surface area contributed by atoms with Crippen LogP contribution in [-0.4, -0.2) is 7.11 Å². The number of nitrogens with two attached hydrogens (primary N) is 1. The maximum atomic E-state index is 5.88. The van der Waals surface area contributed by atoms with Crippen molar-refractivity contribution in [3.05, 3.63) is 46.4 Å². The Bertz CT molecular complexity index is 570. The van der Waals surface area contributed by atoms with Gasteiger partial charge in [-0.1, -0.05) is 6.07 Å². The van der Waals surface area contributed by atoms with Crippen molar-refractivity contribution >= 4 is 21.6 Å². The molecule has 0 fully saturated rings. The second-order valence-electron chi connectivity index (χ2n) is 3.94. The number of hydrogen-bond donors (Lipinski definition) is 1. The van der Waals surface area contributed by atoms with Gasteiger partial charge in [0.05, 0.1) is 17.3 Å². The van der Waals surface area contributed by atoms with Crippen LogP contribution < -0.4 is 15.2 Å². The largest absolute Gasteiger partial charge is 0.497 e. The summed E-state index contributed by atoms with van der Waals surface area (Å²) in [6.45, 7) is 2.02. The first-order valence-corrected chi connectivity index (χ1v) is 6.27. The van der Waals surface area contributed by atoms with E-state index in [4.69, 9.17) is 15.2 Å². The van der Waals surface area contributed by atoms with E-state index in [-0.39, 0.29) is 0 Å². The first kappa shape index (κ1) is 12.8. The number of nitrogen functional groups attached to an aromatic ring is 1. The third-order valence-electron chi connectivity index (χ3n) is 2.53. The van der Waals surface area contributed by atoms with Crippen LogP contribution in [0.4, 0.5) is 5.69 Å². The van der Waals surface area contributed by atoms with Gasteiger partial charge in [0.15, 0.2) is 5.75 Å². The zero-order valence-corrected chi connectivity index (χ0v) is 11.8. The molecule has 0 radical (unpaired) electrons. The van der Waals surface area contributed by atoms with Crippen molar-refractivity contribution in [2.24, 2.45) is 0 Å². The molecule has 0 aliphatic rings. The fourth-order valence-electron chi connectivity index (χ4n) is 1.54. The van der Waals surface area contributed by atoms with Gasteiger partial charge in [0.2, 0.25) is 0 Å². The Kier molecular flexibility index (Phi) is 3.77. The van der Waals surface area contributed by atoms with Crippen molar-refractivity contribution in [1.29, 1.82) is 0 Å². The Labute approximate surface area is 115 Å². The summed E-state index contributed by atoms with van der Waals surface area (Å²) in [5, 5.41) is 0. The van der Waals surface area contributed by atoms with Crippen LogP contribution in [0.15, 0.2) is 40.9 Å². The van der Waals surface area contributed by atoms with E-state index in [2.05, 4.69) is 15.9 Å². The molecule has 2 aromatic rings. The van der Waals surface area contributed by atoms with Crippen molar-refractivity contribution in [3.63, 3.8) is 0 Å². The fraction of sp³-hybridized carbons (Fsp3) is 0.143. The monoisotopic (exact) mass is 307 g/mol. The van der Waals surface area contributed by atoms with Crippen molar-refractivity contribution in [2.75, 3.05) is 12.8 Å². The Morgan fingerprint density at radius 3 is 2.50 bits per heavy atom. The third-order valence-corrected chi connectivity index (χ3v) is 3.15. The number of aryl methyl sites for hydroxylation is 1. The average Bonchev–Trinajstić information content (AvgIpc) is 2.35. The zero-order chi connectivity index (χ0) is 13.1. The van der Waals surface area contributed by atoms with Crippen molar-refractivity contribution in [2.45, 2.75) is 6.92 Å². The molecule has 2 rings (SSSR count). The SMILES string of the molecule is COc1ccc(N)c(Oc2ccc(C)cc2Br)c1. The van der Waals surface area contributed by atoms with Crippen LogP contribution in [-0.2, 0) is 0 Å². The van der Waals surface area contributed by atoms with Crippen molar-refractivity contribution in [1.82, 2.24) is 0 Å². The molecular formula is C14H14BrNO2. The summed E-state index contributed by atoms with van der Waals surface area (Å²) in [6, 6.07) is 11.2. The first-order chi connectivity index (χ1) is 8.60. The number of halogens is 1. The summed E-state index contributed by atoms with van der Waals surface area (Å²) in [6.07, 6.45) is 0. The Morgan fingerprint density at radius 2 is 1.83 bits per heavy atom. The lowest BCUT2D eigenvalue weighted by molar-refractivity contribution is 0.409. The van der Waals surface area contributed by atoms with Gasteiger partial charge < -0.3 is 15.2 Å².